The molecule has 0 aliphatic carbocycles. The molecule has 1 N–H and O–H groups in total. The normalized spacial score (nSPS) is 12.7. The van der Waals surface area contributed by atoms with Crippen LogP contribution in [0.25, 0.3) is 21.9 Å². The summed E-state index contributed by atoms with van der Waals surface area (Å²) < 4.78 is 5.63. The Hall–Kier alpha value is -3.28. The van der Waals surface area contributed by atoms with Gasteiger partial charge in [0.1, 0.15) is 0 Å². The van der Waals surface area contributed by atoms with Gasteiger partial charge in [-0.3, -0.25) is 13.9 Å². The highest BCUT2D eigenvalue weighted by atomic mass is 16.4. The van der Waals surface area contributed by atoms with E-state index in [1.54, 1.807) is 4.57 Å². The average Bonchev–Trinajstić information content (AvgIpc) is 3.17. The number of fused-ring (bicyclic) bond motifs is 2. The molecule has 4 aromatic rings. The van der Waals surface area contributed by atoms with E-state index < -0.39 is 5.97 Å². The van der Waals surface area contributed by atoms with Crippen LogP contribution in [0.5, 0.6) is 0 Å². The molecule has 0 spiro atoms. The minimum Gasteiger partial charge on any atom is -0.481 e. The first kappa shape index (κ1) is 21.9. The van der Waals surface area contributed by atoms with Crippen LogP contribution in [0.15, 0.2) is 41.3 Å². The van der Waals surface area contributed by atoms with Crippen molar-refractivity contribution in [3.05, 3.63) is 69.3 Å². The zero-order valence-corrected chi connectivity index (χ0v) is 19.5. The first-order chi connectivity index (χ1) is 15.2. The second-order valence-electron chi connectivity index (χ2n) is 8.94. The van der Waals surface area contributed by atoms with Crippen molar-refractivity contribution < 1.29 is 9.90 Å². The maximum Gasteiger partial charge on any atom is 0.329 e. The molecule has 6 heteroatoms. The number of carboxylic acid groups (broad SMARTS) is 1. The van der Waals surface area contributed by atoms with Gasteiger partial charge in [-0.1, -0.05) is 25.5 Å². The van der Waals surface area contributed by atoms with Crippen LogP contribution in [0.3, 0.4) is 0 Å². The third kappa shape index (κ3) is 3.64. The van der Waals surface area contributed by atoms with Crippen molar-refractivity contribution in [2.45, 2.75) is 59.5 Å². The minimum absolute atomic E-state index is 0.0623. The molecule has 1 unspecified atom stereocenters. The molecule has 1 atom stereocenters. The fourth-order valence-electron chi connectivity index (χ4n) is 4.92. The van der Waals surface area contributed by atoms with Gasteiger partial charge >= 0.3 is 11.7 Å². The zero-order chi connectivity index (χ0) is 23.2. The molecule has 0 radical (unpaired) electrons. The summed E-state index contributed by atoms with van der Waals surface area (Å²) in [6, 6.07) is 9.95. The molecule has 32 heavy (non-hydrogen) atoms. The summed E-state index contributed by atoms with van der Waals surface area (Å²) in [4.78, 5) is 25.4. The first-order valence-electron chi connectivity index (χ1n) is 11.2. The molecular formula is C26H31N3O3. The number of aromatic nitrogens is 3. The lowest BCUT2D eigenvalue weighted by molar-refractivity contribution is -0.137. The molecule has 0 bridgehead atoms. The monoisotopic (exact) mass is 433 g/mol. The van der Waals surface area contributed by atoms with Crippen molar-refractivity contribution in [1.29, 1.82) is 0 Å². The molecule has 168 valence electrons. The smallest absolute Gasteiger partial charge is 0.329 e. The van der Waals surface area contributed by atoms with E-state index in [1.807, 2.05) is 44.5 Å². The maximum atomic E-state index is 13.8. The molecule has 0 amide bonds. The van der Waals surface area contributed by atoms with E-state index >= 15 is 0 Å². The van der Waals surface area contributed by atoms with Crippen LogP contribution in [0.2, 0.25) is 0 Å². The Morgan fingerprint density at radius 1 is 1.03 bits per heavy atom. The Morgan fingerprint density at radius 3 is 2.38 bits per heavy atom. The third-order valence-electron chi connectivity index (χ3n) is 6.61. The molecule has 2 aromatic heterocycles. The predicted octanol–water partition coefficient (Wildman–Crippen LogP) is 5.08. The lowest BCUT2D eigenvalue weighted by Crippen LogP contribution is -2.29. The maximum absolute atomic E-state index is 13.8. The Morgan fingerprint density at radius 2 is 1.72 bits per heavy atom. The molecule has 0 saturated heterocycles. The van der Waals surface area contributed by atoms with E-state index in [9.17, 15) is 14.7 Å². The summed E-state index contributed by atoms with van der Waals surface area (Å²) in [5, 5.41) is 10.7. The highest BCUT2D eigenvalue weighted by Gasteiger charge is 2.23. The van der Waals surface area contributed by atoms with Crippen molar-refractivity contribution in [2.24, 2.45) is 7.05 Å². The first-order valence-corrected chi connectivity index (χ1v) is 11.2. The number of carboxylic acids is 1. The molecule has 4 rings (SSSR count). The summed E-state index contributed by atoms with van der Waals surface area (Å²) >= 11 is 0. The Bertz CT molecular complexity index is 1390. The second kappa shape index (κ2) is 8.34. The van der Waals surface area contributed by atoms with Gasteiger partial charge in [-0.15, -0.1) is 0 Å². The standard InChI is InChI=1S/C26H31N3O3/c1-6-8-20(13-24(30)31)29-23-12-18(4)17(3)11-22(23)28(26(29)32)15-19-14-27(5)21-10-7-9-16(2)25(19)21/h7,9-12,14,20H,6,8,13,15H2,1-5H3,(H,30,31). The molecule has 0 aliphatic rings. The van der Waals surface area contributed by atoms with Crippen LogP contribution in [0.1, 0.15) is 54.5 Å². The van der Waals surface area contributed by atoms with Gasteiger partial charge in [-0.2, -0.15) is 0 Å². The van der Waals surface area contributed by atoms with Gasteiger partial charge in [0.05, 0.1) is 24.0 Å². The zero-order valence-electron chi connectivity index (χ0n) is 19.5. The number of aliphatic carboxylic acids is 1. The molecule has 0 fully saturated rings. The highest BCUT2D eigenvalue weighted by molar-refractivity contribution is 5.87. The number of imidazole rings is 1. The van der Waals surface area contributed by atoms with Gasteiger partial charge in [0.25, 0.3) is 0 Å². The molecule has 0 saturated carbocycles. The Kier molecular flexibility index (Phi) is 5.71. The molecule has 6 nitrogen and oxygen atoms in total. The second-order valence-corrected chi connectivity index (χ2v) is 8.94. The predicted molar refractivity (Wildman–Crippen MR) is 129 cm³/mol. The van der Waals surface area contributed by atoms with Crippen molar-refractivity contribution in [1.82, 2.24) is 13.7 Å². The summed E-state index contributed by atoms with van der Waals surface area (Å²) in [5.74, 6) is -0.884. The van der Waals surface area contributed by atoms with Crippen LogP contribution in [-0.4, -0.2) is 24.8 Å². The van der Waals surface area contributed by atoms with Crippen LogP contribution < -0.4 is 5.69 Å². The number of aryl methyl sites for hydroxylation is 4. The number of nitrogens with zero attached hydrogens (tertiary/aromatic N) is 3. The van der Waals surface area contributed by atoms with Gasteiger partial charge in [-0.25, -0.2) is 4.79 Å². The lowest BCUT2D eigenvalue weighted by Gasteiger charge is -2.16. The quantitative estimate of drug-likeness (QED) is 0.442. The highest BCUT2D eigenvalue weighted by Crippen LogP contribution is 2.29. The summed E-state index contributed by atoms with van der Waals surface area (Å²) in [7, 11) is 2.02. The average molecular weight is 434 g/mol. The van der Waals surface area contributed by atoms with Crippen molar-refractivity contribution in [2.75, 3.05) is 0 Å². The number of hydrogen-bond donors (Lipinski definition) is 1. The fraction of sp³-hybridized carbons (Fsp3) is 0.385. The van der Waals surface area contributed by atoms with Crippen LogP contribution in [0.4, 0.5) is 0 Å². The van der Waals surface area contributed by atoms with Gasteiger partial charge < -0.3 is 9.67 Å². The van der Waals surface area contributed by atoms with Crippen molar-refractivity contribution in [3.8, 4) is 0 Å². The number of benzene rings is 2. The van der Waals surface area contributed by atoms with E-state index in [0.717, 1.165) is 39.7 Å². The van der Waals surface area contributed by atoms with Crippen LogP contribution in [0, 0.1) is 20.8 Å². The SMILES string of the molecule is CCCC(CC(=O)O)n1c(=O)n(Cc2cn(C)c3cccc(C)c23)c2cc(C)c(C)cc21. The minimum atomic E-state index is -0.884. The topological polar surface area (TPSA) is 69.2 Å². The largest absolute Gasteiger partial charge is 0.481 e. The van der Waals surface area contributed by atoms with Crippen molar-refractivity contribution in [3.63, 3.8) is 0 Å². The molecule has 2 heterocycles. The van der Waals surface area contributed by atoms with E-state index in [1.165, 1.54) is 10.9 Å². The van der Waals surface area contributed by atoms with Gasteiger partial charge in [0, 0.05) is 30.2 Å². The van der Waals surface area contributed by atoms with E-state index in [4.69, 9.17) is 0 Å². The van der Waals surface area contributed by atoms with E-state index in [-0.39, 0.29) is 18.2 Å². The number of hydrogen-bond acceptors (Lipinski definition) is 2. The van der Waals surface area contributed by atoms with Crippen molar-refractivity contribution >= 4 is 27.9 Å². The van der Waals surface area contributed by atoms with Gasteiger partial charge in [0.2, 0.25) is 0 Å². The summed E-state index contributed by atoms with van der Waals surface area (Å²) in [6.45, 7) is 8.63. The Balaban J connectivity index is 1.97. The van der Waals surface area contributed by atoms with E-state index in [0.29, 0.717) is 13.0 Å². The lowest BCUT2D eigenvalue weighted by atomic mass is 10.1. The van der Waals surface area contributed by atoms with Crippen LogP contribution >= 0.6 is 0 Å². The number of carbonyl (C=O) groups is 1. The fourth-order valence-corrected chi connectivity index (χ4v) is 4.92. The van der Waals surface area contributed by atoms with Crippen LogP contribution in [-0.2, 0) is 18.4 Å². The molecule has 0 aliphatic heterocycles. The van der Waals surface area contributed by atoms with Gasteiger partial charge in [0.15, 0.2) is 0 Å². The summed E-state index contributed by atoms with van der Waals surface area (Å²) in [5.41, 5.74) is 7.14. The van der Waals surface area contributed by atoms with Gasteiger partial charge in [-0.05, 0) is 67.6 Å². The Labute approximate surface area is 187 Å². The molecule has 2 aromatic carbocycles. The molecular weight excluding hydrogens is 402 g/mol. The summed E-state index contributed by atoms with van der Waals surface area (Å²) in [6.07, 6.45) is 3.48. The third-order valence-corrected chi connectivity index (χ3v) is 6.61. The number of rotatable bonds is 7. The van der Waals surface area contributed by atoms with E-state index in [2.05, 4.69) is 35.9 Å².